The maximum Gasteiger partial charge on any atom is 0.414 e. The summed E-state index contributed by atoms with van der Waals surface area (Å²) in [7, 11) is 5.12. The summed E-state index contributed by atoms with van der Waals surface area (Å²) in [4.78, 5) is 107. The Hall–Kier alpha value is -9.35. The lowest BCUT2D eigenvalue weighted by molar-refractivity contribution is -0.120. The third kappa shape index (κ3) is 16.4. The van der Waals surface area contributed by atoms with Crippen LogP contribution in [0.4, 0.5) is 56.4 Å². The Labute approximate surface area is 513 Å². The second-order valence-corrected chi connectivity index (χ2v) is 25.8. The molecule has 4 N–H and O–H groups in total. The number of hydrogen-bond acceptors (Lipinski definition) is 16. The molecule has 3 aliphatic rings. The molecule has 24 heteroatoms. The highest BCUT2D eigenvalue weighted by molar-refractivity contribution is 6.09. The number of nitrogens with one attached hydrogen (secondary N) is 4. The summed E-state index contributed by atoms with van der Waals surface area (Å²) in [6.45, 7) is 24.8. The number of anilines is 9. The second kappa shape index (κ2) is 26.7. The Morgan fingerprint density at radius 3 is 1.05 bits per heavy atom. The SMILES string of the molecule is CC(=O)N(C)c1ccc(N2C(=O)CC[C@H]2C(=O)Nc2cc(C(C)(C)C)on2)cc1.CN(C(=O)OC(C)(C)C)c1ccc(N2C(=O)CC[C@H]2C(=O)Nc2cc(C(C)(C)C)on2)cc1.CNc1ccc(N2C(=O)CC[C@H]2C(=O)Nc2cc(C(C)(C)C)on2)cc1. The molecule has 3 aliphatic heterocycles. The van der Waals surface area contributed by atoms with Crippen molar-refractivity contribution >= 4 is 99.0 Å². The topological polar surface area (TPSA) is 288 Å². The van der Waals surface area contributed by atoms with Crippen molar-refractivity contribution in [3.63, 3.8) is 0 Å². The molecule has 0 unspecified atom stereocenters. The van der Waals surface area contributed by atoms with Gasteiger partial charge in [0.2, 0.25) is 41.4 Å². The van der Waals surface area contributed by atoms with Gasteiger partial charge in [-0.15, -0.1) is 0 Å². The van der Waals surface area contributed by atoms with Crippen LogP contribution in [0.3, 0.4) is 0 Å². The van der Waals surface area contributed by atoms with E-state index in [0.717, 1.165) is 5.69 Å². The maximum atomic E-state index is 12.9. The zero-order valence-electron chi connectivity index (χ0n) is 53.1. The minimum Gasteiger partial charge on any atom is -0.443 e. The van der Waals surface area contributed by atoms with Gasteiger partial charge < -0.3 is 44.5 Å². The molecule has 6 heterocycles. The molecular formula is C64H82N12O12. The van der Waals surface area contributed by atoms with Crippen molar-refractivity contribution in [1.29, 1.82) is 0 Å². The molecule has 88 heavy (non-hydrogen) atoms. The first-order valence-electron chi connectivity index (χ1n) is 29.1. The van der Waals surface area contributed by atoms with Crippen LogP contribution in [-0.4, -0.2) is 108 Å². The maximum absolute atomic E-state index is 12.9. The predicted molar refractivity (Wildman–Crippen MR) is 336 cm³/mol. The van der Waals surface area contributed by atoms with Gasteiger partial charge in [0.1, 0.15) is 41.0 Å². The average molecular weight is 1210 g/mol. The van der Waals surface area contributed by atoms with Gasteiger partial charge in [0.05, 0.1) is 0 Å². The molecule has 9 rings (SSSR count). The lowest BCUT2D eigenvalue weighted by Gasteiger charge is -2.26. The number of aromatic nitrogens is 3. The molecule has 3 aromatic carbocycles. The summed E-state index contributed by atoms with van der Waals surface area (Å²) in [5.74, 6) is 1.72. The van der Waals surface area contributed by atoms with Crippen molar-refractivity contribution in [1.82, 2.24) is 15.5 Å². The van der Waals surface area contributed by atoms with Crippen molar-refractivity contribution < 1.29 is 56.7 Å². The van der Waals surface area contributed by atoms with Crippen molar-refractivity contribution in [2.45, 2.75) is 169 Å². The number of carbonyl (C=O) groups excluding carboxylic acids is 8. The average Bonchev–Trinajstić information content (AvgIpc) is 2.13. The van der Waals surface area contributed by atoms with Crippen molar-refractivity contribution in [3.05, 3.63) is 108 Å². The summed E-state index contributed by atoms with van der Waals surface area (Å²) in [5.41, 5.74) is 2.91. The van der Waals surface area contributed by atoms with Gasteiger partial charge in [-0.2, -0.15) is 0 Å². The molecule has 0 bridgehead atoms. The smallest absolute Gasteiger partial charge is 0.414 e. The lowest BCUT2D eigenvalue weighted by Crippen LogP contribution is -2.41. The highest BCUT2D eigenvalue weighted by atomic mass is 16.6. The summed E-state index contributed by atoms with van der Waals surface area (Å²) in [5, 5.41) is 23.1. The van der Waals surface area contributed by atoms with E-state index in [1.165, 1.54) is 26.5 Å². The normalized spacial score (nSPS) is 16.9. The third-order valence-electron chi connectivity index (χ3n) is 14.7. The van der Waals surface area contributed by atoms with Crippen LogP contribution >= 0.6 is 0 Å². The first kappa shape index (κ1) is 66.2. The zero-order valence-corrected chi connectivity index (χ0v) is 53.1. The van der Waals surface area contributed by atoms with E-state index in [9.17, 15) is 38.4 Å². The fourth-order valence-corrected chi connectivity index (χ4v) is 9.54. The van der Waals surface area contributed by atoms with Gasteiger partial charge in [-0.25, -0.2) is 4.79 Å². The van der Waals surface area contributed by atoms with Gasteiger partial charge in [-0.05, 0) is 113 Å². The molecule has 8 amide bonds. The Balaban J connectivity index is 0.000000190. The van der Waals surface area contributed by atoms with Gasteiger partial charge in [0, 0.05) is 116 Å². The van der Waals surface area contributed by atoms with Crippen molar-refractivity contribution in [2.75, 3.05) is 66.9 Å². The van der Waals surface area contributed by atoms with Crippen LogP contribution in [0, 0.1) is 0 Å². The van der Waals surface area contributed by atoms with Crippen LogP contribution in [0.15, 0.2) is 105 Å². The molecule has 3 fully saturated rings. The first-order chi connectivity index (χ1) is 41.1. The number of rotatable bonds is 12. The number of amides is 8. The minimum atomic E-state index is -0.665. The third-order valence-corrected chi connectivity index (χ3v) is 14.7. The van der Waals surface area contributed by atoms with E-state index in [2.05, 4.69) is 36.7 Å². The summed E-state index contributed by atoms with van der Waals surface area (Å²) < 4.78 is 21.3. The van der Waals surface area contributed by atoms with Crippen molar-refractivity contribution in [3.8, 4) is 0 Å². The Kier molecular flexibility index (Phi) is 20.1. The molecular weight excluding hydrogens is 1130 g/mol. The number of hydrogen-bond donors (Lipinski definition) is 4. The van der Waals surface area contributed by atoms with Gasteiger partial charge in [0.25, 0.3) is 0 Å². The van der Waals surface area contributed by atoms with Gasteiger partial charge in [0.15, 0.2) is 17.5 Å². The van der Waals surface area contributed by atoms with E-state index in [1.807, 2.05) is 93.6 Å². The predicted octanol–water partition coefficient (Wildman–Crippen LogP) is 10.7. The van der Waals surface area contributed by atoms with E-state index >= 15 is 0 Å². The highest BCUT2D eigenvalue weighted by Gasteiger charge is 2.41. The van der Waals surface area contributed by atoms with Crippen LogP contribution in [0.1, 0.15) is 146 Å². The van der Waals surface area contributed by atoms with E-state index in [1.54, 1.807) is 106 Å². The molecule has 6 aromatic rings. The first-order valence-corrected chi connectivity index (χ1v) is 29.1. The number of ether oxygens (including phenoxy) is 1. The molecule has 470 valence electrons. The van der Waals surface area contributed by atoms with Crippen LogP contribution in [0.5, 0.6) is 0 Å². The fraction of sp³-hybridized carbons (Fsp3) is 0.453. The summed E-state index contributed by atoms with van der Waals surface area (Å²) in [6.07, 6.45) is 1.72. The second-order valence-electron chi connectivity index (χ2n) is 25.8. The van der Waals surface area contributed by atoms with Gasteiger partial charge >= 0.3 is 6.09 Å². The molecule has 3 saturated heterocycles. The molecule has 0 radical (unpaired) electrons. The summed E-state index contributed by atoms with van der Waals surface area (Å²) >= 11 is 0. The van der Waals surface area contributed by atoms with Crippen molar-refractivity contribution in [2.24, 2.45) is 0 Å². The standard InChI is InChI=1S/C24H32N4O5.C21H26N4O4.C19H24N4O3/c1-23(2,3)18-14-19(26-33-18)25-21(30)17-12-13-20(29)28(17)16-10-8-15(9-11-16)27(7)22(31)32-24(4,5)6;1-13(26)24(5)14-6-8-15(9-7-14)25-16(10-11-19(25)27)20(28)22-18-12-17(29-23-18)21(2,3)4;1-19(2,3)15-11-16(22-26-15)21-18(25)14-9-10-17(24)23(14)13-7-5-12(20-4)6-8-13/h8-11,14,17H,12-13H2,1-7H3,(H,25,26,30);6-9,12,16H,10-11H2,1-5H3,(H,22,23,28);5-8,11,14,20H,9-10H2,1-4H3,(H,21,22,25)/t17-;16-;14-/m000/s1. The highest BCUT2D eigenvalue weighted by Crippen LogP contribution is 2.34. The number of carbonyl (C=O) groups is 8. The molecule has 0 aliphatic carbocycles. The van der Waals surface area contributed by atoms with Gasteiger partial charge in [-0.3, -0.25) is 53.2 Å². The van der Waals surface area contributed by atoms with E-state index in [0.29, 0.717) is 95.3 Å². The zero-order chi connectivity index (χ0) is 64.8. The lowest BCUT2D eigenvalue weighted by atomic mass is 9.93. The molecule has 3 atom stereocenters. The molecule has 0 spiro atoms. The molecule has 0 saturated carbocycles. The fourth-order valence-electron chi connectivity index (χ4n) is 9.54. The monoisotopic (exact) mass is 1210 g/mol. The number of nitrogens with zero attached hydrogens (tertiary/aromatic N) is 8. The van der Waals surface area contributed by atoms with Crippen LogP contribution in [0.25, 0.3) is 0 Å². The van der Waals surface area contributed by atoms with Crippen LogP contribution < -0.4 is 45.8 Å². The Morgan fingerprint density at radius 2 is 0.784 bits per heavy atom. The number of benzene rings is 3. The van der Waals surface area contributed by atoms with Crippen LogP contribution in [0.2, 0.25) is 0 Å². The summed E-state index contributed by atoms with van der Waals surface area (Å²) in [6, 6.07) is 24.5. The Morgan fingerprint density at radius 1 is 0.489 bits per heavy atom. The minimum absolute atomic E-state index is 0.0575. The van der Waals surface area contributed by atoms with Gasteiger partial charge in [-0.1, -0.05) is 77.8 Å². The largest absolute Gasteiger partial charge is 0.443 e. The quantitative estimate of drug-likeness (QED) is 0.0886. The Bertz CT molecular complexity index is 3490. The van der Waals surface area contributed by atoms with E-state index in [4.69, 9.17) is 18.3 Å². The van der Waals surface area contributed by atoms with Crippen LogP contribution in [-0.2, 0) is 54.5 Å². The van der Waals surface area contributed by atoms with E-state index < -0.39 is 29.8 Å². The van der Waals surface area contributed by atoms with E-state index in [-0.39, 0.29) is 64.0 Å². The molecule has 3 aromatic heterocycles. The molecule has 24 nitrogen and oxygen atoms in total.